The van der Waals surface area contributed by atoms with Crippen LogP contribution in [0.3, 0.4) is 0 Å². The number of hydrogen-bond acceptors (Lipinski definition) is 3. The molecule has 1 fully saturated rings. The van der Waals surface area contributed by atoms with E-state index < -0.39 is 5.97 Å². The normalized spacial score (nSPS) is 15.5. The van der Waals surface area contributed by atoms with E-state index in [1.165, 1.54) is 6.07 Å². The Labute approximate surface area is 85.5 Å². The fourth-order valence-electron chi connectivity index (χ4n) is 1.43. The number of nitrogens with one attached hydrogen (secondary N) is 1. The molecule has 0 saturated carbocycles. The zero-order chi connectivity index (χ0) is 10.8. The maximum Gasteiger partial charge on any atom is 0.371 e. The number of rotatable bonds is 3. The van der Waals surface area contributed by atoms with Gasteiger partial charge in [0.2, 0.25) is 5.76 Å². The van der Waals surface area contributed by atoms with Crippen LogP contribution in [0.15, 0.2) is 16.5 Å². The van der Waals surface area contributed by atoms with E-state index in [1.807, 2.05) is 0 Å². The van der Waals surface area contributed by atoms with Gasteiger partial charge >= 0.3 is 12.0 Å². The minimum Gasteiger partial charge on any atom is -0.475 e. The van der Waals surface area contributed by atoms with E-state index in [1.54, 1.807) is 11.0 Å². The molecule has 1 saturated heterocycles. The van der Waals surface area contributed by atoms with Crippen LogP contribution < -0.4 is 5.32 Å². The van der Waals surface area contributed by atoms with Gasteiger partial charge in [0, 0.05) is 13.1 Å². The van der Waals surface area contributed by atoms with Gasteiger partial charge in [-0.3, -0.25) is 0 Å². The number of amides is 2. The highest BCUT2D eigenvalue weighted by atomic mass is 16.4. The molecular formula is C9H10N2O4. The molecule has 6 nitrogen and oxygen atoms in total. The third-order valence-corrected chi connectivity index (χ3v) is 2.16. The molecule has 0 unspecified atom stereocenters. The molecule has 2 N–H and O–H groups in total. The highest BCUT2D eigenvalue weighted by Crippen LogP contribution is 2.11. The van der Waals surface area contributed by atoms with Gasteiger partial charge in [-0.25, -0.2) is 9.59 Å². The molecule has 1 aromatic heterocycles. The summed E-state index contributed by atoms with van der Waals surface area (Å²) in [6, 6.07) is 2.80. The van der Waals surface area contributed by atoms with Crippen molar-refractivity contribution in [3.8, 4) is 0 Å². The van der Waals surface area contributed by atoms with Gasteiger partial charge in [0.1, 0.15) is 5.76 Å². The number of urea groups is 1. The Morgan fingerprint density at radius 3 is 2.93 bits per heavy atom. The number of carboxylic acid groups (broad SMARTS) is 1. The summed E-state index contributed by atoms with van der Waals surface area (Å²) in [4.78, 5) is 23.3. The summed E-state index contributed by atoms with van der Waals surface area (Å²) in [5, 5.41) is 11.3. The second kappa shape index (κ2) is 3.64. The first-order chi connectivity index (χ1) is 7.16. The fraction of sp³-hybridized carbons (Fsp3) is 0.333. The Morgan fingerprint density at radius 1 is 1.60 bits per heavy atom. The summed E-state index contributed by atoms with van der Waals surface area (Å²) in [6.45, 7) is 1.53. The summed E-state index contributed by atoms with van der Waals surface area (Å²) in [5.41, 5.74) is 0. The monoisotopic (exact) mass is 210 g/mol. The second-order valence-corrected chi connectivity index (χ2v) is 3.22. The quantitative estimate of drug-likeness (QED) is 0.761. The molecule has 0 aliphatic carbocycles. The van der Waals surface area contributed by atoms with Crippen LogP contribution in [0.5, 0.6) is 0 Å². The van der Waals surface area contributed by atoms with Crippen LogP contribution in [-0.4, -0.2) is 35.1 Å². The first-order valence-electron chi connectivity index (χ1n) is 4.51. The third-order valence-electron chi connectivity index (χ3n) is 2.16. The van der Waals surface area contributed by atoms with E-state index in [9.17, 15) is 9.59 Å². The lowest BCUT2D eigenvalue weighted by atomic mass is 10.4. The molecule has 0 aromatic carbocycles. The van der Waals surface area contributed by atoms with Gasteiger partial charge in [-0.15, -0.1) is 0 Å². The van der Waals surface area contributed by atoms with E-state index in [2.05, 4.69) is 5.32 Å². The van der Waals surface area contributed by atoms with Crippen molar-refractivity contribution in [2.45, 2.75) is 6.54 Å². The molecule has 6 heteroatoms. The van der Waals surface area contributed by atoms with Gasteiger partial charge in [0.15, 0.2) is 0 Å². The van der Waals surface area contributed by atoms with Crippen molar-refractivity contribution in [2.75, 3.05) is 13.1 Å². The lowest BCUT2D eigenvalue weighted by Gasteiger charge is -2.11. The van der Waals surface area contributed by atoms with Crippen LogP contribution in [0.25, 0.3) is 0 Å². The average molecular weight is 210 g/mol. The standard InChI is InChI=1S/C9H10N2O4/c12-8(13)7-2-1-6(15-7)5-11-4-3-10-9(11)14/h1-2H,3-5H2,(H,10,14)(H,12,13). The number of aromatic carboxylic acids is 1. The topological polar surface area (TPSA) is 82.8 Å². The van der Waals surface area contributed by atoms with Gasteiger partial charge in [-0.05, 0) is 12.1 Å². The van der Waals surface area contributed by atoms with E-state index in [0.717, 1.165) is 0 Å². The third kappa shape index (κ3) is 1.93. The second-order valence-electron chi connectivity index (χ2n) is 3.22. The molecule has 1 aromatic rings. The average Bonchev–Trinajstić information content (AvgIpc) is 2.77. The predicted molar refractivity (Wildman–Crippen MR) is 49.5 cm³/mol. The number of carbonyl (C=O) groups excluding carboxylic acids is 1. The van der Waals surface area contributed by atoms with Crippen LogP contribution in [0.2, 0.25) is 0 Å². The van der Waals surface area contributed by atoms with Gasteiger partial charge in [0.05, 0.1) is 6.54 Å². The minimum absolute atomic E-state index is 0.107. The fourth-order valence-corrected chi connectivity index (χ4v) is 1.43. The van der Waals surface area contributed by atoms with Gasteiger partial charge < -0.3 is 19.7 Å². The number of nitrogens with zero attached hydrogens (tertiary/aromatic N) is 1. The van der Waals surface area contributed by atoms with E-state index in [0.29, 0.717) is 25.4 Å². The van der Waals surface area contributed by atoms with Crippen molar-refractivity contribution < 1.29 is 19.1 Å². The summed E-state index contributed by atoms with van der Waals surface area (Å²) < 4.78 is 5.03. The highest BCUT2D eigenvalue weighted by Gasteiger charge is 2.21. The molecule has 0 radical (unpaired) electrons. The van der Waals surface area contributed by atoms with Crippen molar-refractivity contribution in [2.24, 2.45) is 0 Å². The molecule has 1 aliphatic rings. The van der Waals surface area contributed by atoms with Gasteiger partial charge in [0.25, 0.3) is 0 Å². The van der Waals surface area contributed by atoms with Crippen LogP contribution in [-0.2, 0) is 6.54 Å². The van der Waals surface area contributed by atoms with Crippen molar-refractivity contribution in [1.29, 1.82) is 0 Å². The SMILES string of the molecule is O=C(O)c1ccc(CN2CCNC2=O)o1. The van der Waals surface area contributed by atoms with Crippen LogP contribution in [0.1, 0.15) is 16.3 Å². The van der Waals surface area contributed by atoms with Crippen molar-refractivity contribution in [1.82, 2.24) is 10.2 Å². The largest absolute Gasteiger partial charge is 0.475 e. The molecule has 2 heterocycles. The van der Waals surface area contributed by atoms with Crippen molar-refractivity contribution in [3.05, 3.63) is 23.7 Å². The molecule has 2 amide bonds. The van der Waals surface area contributed by atoms with Crippen LogP contribution in [0, 0.1) is 0 Å². The molecular weight excluding hydrogens is 200 g/mol. The van der Waals surface area contributed by atoms with E-state index >= 15 is 0 Å². The Bertz CT molecular complexity index is 399. The molecule has 80 valence electrons. The van der Waals surface area contributed by atoms with Crippen molar-refractivity contribution in [3.63, 3.8) is 0 Å². The zero-order valence-electron chi connectivity index (χ0n) is 7.90. The number of carbonyl (C=O) groups is 2. The zero-order valence-corrected chi connectivity index (χ0v) is 7.90. The van der Waals surface area contributed by atoms with E-state index in [-0.39, 0.29) is 11.8 Å². The number of hydrogen-bond donors (Lipinski definition) is 2. The maximum atomic E-state index is 11.2. The smallest absolute Gasteiger partial charge is 0.371 e. The lowest BCUT2D eigenvalue weighted by Crippen LogP contribution is -2.27. The highest BCUT2D eigenvalue weighted by molar-refractivity contribution is 5.84. The van der Waals surface area contributed by atoms with Gasteiger partial charge in [-0.2, -0.15) is 0 Å². The van der Waals surface area contributed by atoms with Crippen LogP contribution in [0.4, 0.5) is 4.79 Å². The molecule has 15 heavy (non-hydrogen) atoms. The maximum absolute atomic E-state index is 11.2. The number of furan rings is 1. The van der Waals surface area contributed by atoms with Gasteiger partial charge in [-0.1, -0.05) is 0 Å². The number of carboxylic acids is 1. The Balaban J connectivity index is 2.04. The lowest BCUT2D eigenvalue weighted by molar-refractivity contribution is 0.0659. The summed E-state index contributed by atoms with van der Waals surface area (Å²) in [5.74, 6) is -0.735. The first-order valence-corrected chi connectivity index (χ1v) is 4.51. The Kier molecular flexibility index (Phi) is 2.32. The first kappa shape index (κ1) is 9.57. The Hall–Kier alpha value is -1.98. The molecule has 0 bridgehead atoms. The minimum atomic E-state index is -1.10. The molecule has 0 atom stereocenters. The predicted octanol–water partition coefficient (Wildman–Crippen LogP) is 0.503. The Morgan fingerprint density at radius 2 is 2.40 bits per heavy atom. The molecule has 2 rings (SSSR count). The van der Waals surface area contributed by atoms with Crippen molar-refractivity contribution >= 4 is 12.0 Å². The molecule has 1 aliphatic heterocycles. The summed E-state index contributed by atoms with van der Waals surface area (Å²) in [6.07, 6.45) is 0. The molecule has 0 spiro atoms. The van der Waals surface area contributed by atoms with E-state index in [4.69, 9.17) is 9.52 Å². The summed E-state index contributed by atoms with van der Waals surface area (Å²) in [7, 11) is 0. The summed E-state index contributed by atoms with van der Waals surface area (Å²) >= 11 is 0. The van der Waals surface area contributed by atoms with Crippen LogP contribution >= 0.6 is 0 Å².